The zero-order valence-corrected chi connectivity index (χ0v) is 22.1. The van der Waals surface area contributed by atoms with Crippen molar-refractivity contribution in [3.05, 3.63) is 35.9 Å². The Labute approximate surface area is 214 Å². The second-order valence-corrected chi connectivity index (χ2v) is 10.4. The molecule has 1 unspecified atom stereocenters. The molecule has 0 radical (unpaired) electrons. The van der Waals surface area contributed by atoms with Gasteiger partial charge in [0.25, 0.3) is 0 Å². The van der Waals surface area contributed by atoms with Gasteiger partial charge in [-0.1, -0.05) is 44.2 Å². The fourth-order valence-corrected chi connectivity index (χ4v) is 5.01. The van der Waals surface area contributed by atoms with Crippen molar-refractivity contribution in [2.75, 3.05) is 20.1 Å². The molecule has 1 aromatic rings. The fourth-order valence-electron chi connectivity index (χ4n) is 5.01. The molecule has 0 aromatic heterocycles. The third kappa shape index (κ3) is 6.63. The van der Waals surface area contributed by atoms with Crippen LogP contribution in [0.4, 0.5) is 0 Å². The minimum atomic E-state index is -0.910. The number of nitrogens with one attached hydrogen (secondary N) is 3. The predicted molar refractivity (Wildman–Crippen MR) is 138 cm³/mol. The number of nitrogens with zero attached hydrogens (tertiary/aromatic N) is 2. The minimum absolute atomic E-state index is 0.0175. The zero-order valence-electron chi connectivity index (χ0n) is 22.1. The molecule has 9 nitrogen and oxygen atoms in total. The Bertz CT molecular complexity index is 937. The summed E-state index contributed by atoms with van der Waals surface area (Å²) in [5.74, 6) is -0.634. The van der Waals surface area contributed by atoms with Crippen LogP contribution >= 0.6 is 0 Å². The molecule has 3 N–H and O–H groups in total. The van der Waals surface area contributed by atoms with Crippen LogP contribution in [0.15, 0.2) is 30.3 Å². The highest BCUT2D eigenvalue weighted by Gasteiger charge is 2.45. The molecule has 4 amide bonds. The molecular formula is C27H41N5O4. The molecule has 2 fully saturated rings. The lowest BCUT2D eigenvalue weighted by Gasteiger charge is -2.39. The first-order valence-electron chi connectivity index (χ1n) is 13.0. The van der Waals surface area contributed by atoms with E-state index in [0.717, 1.165) is 5.56 Å². The van der Waals surface area contributed by atoms with E-state index in [1.165, 1.54) is 0 Å². The van der Waals surface area contributed by atoms with Crippen molar-refractivity contribution in [3.8, 4) is 0 Å². The van der Waals surface area contributed by atoms with E-state index in [1.54, 1.807) is 23.8 Å². The van der Waals surface area contributed by atoms with E-state index in [-0.39, 0.29) is 48.2 Å². The first kappa shape index (κ1) is 27.6. The van der Waals surface area contributed by atoms with Gasteiger partial charge in [0, 0.05) is 25.6 Å². The van der Waals surface area contributed by atoms with Crippen LogP contribution in [0.2, 0.25) is 0 Å². The first-order chi connectivity index (χ1) is 17.1. The first-order valence-corrected chi connectivity index (χ1v) is 13.0. The molecule has 3 rings (SSSR count). The van der Waals surface area contributed by atoms with Gasteiger partial charge < -0.3 is 25.8 Å². The van der Waals surface area contributed by atoms with Crippen LogP contribution in [0, 0.1) is 5.92 Å². The normalized spacial score (nSPS) is 23.9. The maximum absolute atomic E-state index is 13.9. The number of rotatable bonds is 8. The fraction of sp³-hybridized carbons (Fsp3) is 0.630. The van der Waals surface area contributed by atoms with Crippen LogP contribution in [-0.2, 0) is 19.2 Å². The van der Waals surface area contributed by atoms with Gasteiger partial charge in [0.05, 0.1) is 12.1 Å². The van der Waals surface area contributed by atoms with Crippen LogP contribution in [0.1, 0.15) is 65.0 Å². The molecule has 36 heavy (non-hydrogen) atoms. The Morgan fingerprint density at radius 3 is 2.36 bits per heavy atom. The number of hydrogen-bond donors (Lipinski definition) is 3. The second-order valence-electron chi connectivity index (χ2n) is 10.4. The lowest BCUT2D eigenvalue weighted by atomic mass is 10.0. The van der Waals surface area contributed by atoms with Crippen LogP contribution in [0.3, 0.4) is 0 Å². The highest BCUT2D eigenvalue weighted by Crippen LogP contribution is 2.30. The van der Waals surface area contributed by atoms with Crippen LogP contribution in [0.25, 0.3) is 0 Å². The van der Waals surface area contributed by atoms with Crippen molar-refractivity contribution in [2.45, 2.75) is 83.6 Å². The number of likely N-dealkylation sites (N-methyl/N-ethyl adjacent to an activating group) is 1. The molecule has 9 heteroatoms. The standard InChI is InChI=1S/C27H41N5O4/c1-17(2)15-24(33)31-14-13-21-11-12-23(26(35)29-18(3)20-9-7-6-8-10-20)32(21)27(36)22(16-31)30-25(34)19(4)28-5/h6-10,17-19,21-23,28H,11-16H2,1-5H3,(H,29,35)(H,30,34)/t18?,19-,21+,22-,23-/m0/s1. The number of benzene rings is 1. The maximum Gasteiger partial charge on any atom is 0.247 e. The van der Waals surface area contributed by atoms with E-state index in [4.69, 9.17) is 0 Å². The summed E-state index contributed by atoms with van der Waals surface area (Å²) < 4.78 is 0. The summed E-state index contributed by atoms with van der Waals surface area (Å²) in [6, 6.07) is 7.34. The molecule has 0 saturated carbocycles. The lowest BCUT2D eigenvalue weighted by Crippen LogP contribution is -2.62. The van der Waals surface area contributed by atoms with Gasteiger partial charge in [0.2, 0.25) is 23.6 Å². The van der Waals surface area contributed by atoms with Gasteiger partial charge in [-0.3, -0.25) is 19.2 Å². The highest BCUT2D eigenvalue weighted by molar-refractivity contribution is 5.94. The molecule has 5 atom stereocenters. The summed E-state index contributed by atoms with van der Waals surface area (Å²) in [6.07, 6.45) is 2.24. The Kier molecular flexibility index (Phi) is 9.48. The number of amides is 4. The van der Waals surface area contributed by atoms with Gasteiger partial charge in [0.1, 0.15) is 12.1 Å². The van der Waals surface area contributed by atoms with Crippen molar-refractivity contribution in [1.29, 1.82) is 0 Å². The number of carbonyl (C=O) groups is 4. The molecule has 1 aromatic carbocycles. The Morgan fingerprint density at radius 2 is 1.72 bits per heavy atom. The third-order valence-electron chi connectivity index (χ3n) is 7.23. The van der Waals surface area contributed by atoms with Crippen molar-refractivity contribution >= 4 is 23.6 Å². The molecule has 2 saturated heterocycles. The van der Waals surface area contributed by atoms with Gasteiger partial charge in [0.15, 0.2) is 0 Å². The van der Waals surface area contributed by atoms with Crippen molar-refractivity contribution in [1.82, 2.24) is 25.8 Å². The van der Waals surface area contributed by atoms with Crippen molar-refractivity contribution < 1.29 is 19.2 Å². The predicted octanol–water partition coefficient (Wildman–Crippen LogP) is 1.59. The van der Waals surface area contributed by atoms with Crippen molar-refractivity contribution in [2.24, 2.45) is 5.92 Å². The largest absolute Gasteiger partial charge is 0.348 e. The monoisotopic (exact) mass is 499 g/mol. The molecule has 2 aliphatic rings. The maximum atomic E-state index is 13.9. The zero-order chi connectivity index (χ0) is 26.4. The lowest BCUT2D eigenvalue weighted by molar-refractivity contribution is -0.147. The third-order valence-corrected chi connectivity index (χ3v) is 7.23. The van der Waals surface area contributed by atoms with E-state index >= 15 is 0 Å². The summed E-state index contributed by atoms with van der Waals surface area (Å²) >= 11 is 0. The highest BCUT2D eigenvalue weighted by atomic mass is 16.2. The number of carbonyl (C=O) groups excluding carboxylic acids is 4. The average Bonchev–Trinajstić information content (AvgIpc) is 3.27. The van der Waals surface area contributed by atoms with E-state index in [1.807, 2.05) is 51.1 Å². The molecule has 198 valence electrons. The van der Waals surface area contributed by atoms with Gasteiger partial charge in [-0.05, 0) is 51.6 Å². The van der Waals surface area contributed by atoms with Gasteiger partial charge in [-0.15, -0.1) is 0 Å². The van der Waals surface area contributed by atoms with E-state index in [0.29, 0.717) is 32.2 Å². The van der Waals surface area contributed by atoms with Crippen LogP contribution in [-0.4, -0.2) is 77.7 Å². The topological polar surface area (TPSA) is 111 Å². The van der Waals surface area contributed by atoms with Crippen LogP contribution < -0.4 is 16.0 Å². The summed E-state index contributed by atoms with van der Waals surface area (Å²) in [4.78, 5) is 56.2. The van der Waals surface area contributed by atoms with E-state index in [9.17, 15) is 19.2 Å². The van der Waals surface area contributed by atoms with E-state index < -0.39 is 18.1 Å². The molecule has 0 spiro atoms. The second kappa shape index (κ2) is 12.3. The Hall–Kier alpha value is -2.94. The summed E-state index contributed by atoms with van der Waals surface area (Å²) in [6.45, 7) is 8.20. The van der Waals surface area contributed by atoms with E-state index in [2.05, 4.69) is 16.0 Å². The van der Waals surface area contributed by atoms with Crippen LogP contribution in [0.5, 0.6) is 0 Å². The number of fused-ring (bicyclic) bond motifs is 1. The Morgan fingerprint density at radius 1 is 1.03 bits per heavy atom. The van der Waals surface area contributed by atoms with Gasteiger partial charge in [-0.25, -0.2) is 0 Å². The Balaban J connectivity index is 1.81. The molecule has 0 aliphatic carbocycles. The minimum Gasteiger partial charge on any atom is -0.348 e. The molecular weight excluding hydrogens is 458 g/mol. The molecule has 0 bridgehead atoms. The molecule has 2 aliphatic heterocycles. The summed E-state index contributed by atoms with van der Waals surface area (Å²) in [5.41, 5.74) is 0.991. The number of hydrogen-bond acceptors (Lipinski definition) is 5. The molecule has 2 heterocycles. The smallest absolute Gasteiger partial charge is 0.247 e. The van der Waals surface area contributed by atoms with Gasteiger partial charge in [-0.2, -0.15) is 0 Å². The van der Waals surface area contributed by atoms with Gasteiger partial charge >= 0.3 is 0 Å². The SMILES string of the molecule is CN[C@@H](C)C(=O)N[C@H]1CN(C(=O)CC(C)C)CC[C@H]2CC[C@@H](C(=O)NC(C)c3ccccc3)N2C1=O. The quantitative estimate of drug-likeness (QED) is 0.503. The summed E-state index contributed by atoms with van der Waals surface area (Å²) in [7, 11) is 1.67. The van der Waals surface area contributed by atoms with Crippen molar-refractivity contribution in [3.63, 3.8) is 0 Å². The summed E-state index contributed by atoms with van der Waals surface area (Å²) in [5, 5.41) is 8.80. The average molecular weight is 500 g/mol.